The van der Waals surface area contributed by atoms with E-state index in [1.165, 1.54) is 29.8 Å². The summed E-state index contributed by atoms with van der Waals surface area (Å²) in [5, 5.41) is 8.34. The van der Waals surface area contributed by atoms with Gasteiger partial charge >= 0.3 is 0 Å². The van der Waals surface area contributed by atoms with E-state index in [1.807, 2.05) is 4.68 Å². The Bertz CT molecular complexity index is 571. The third-order valence-electron chi connectivity index (χ3n) is 3.75. The van der Waals surface area contributed by atoms with Crippen LogP contribution in [0.1, 0.15) is 43.6 Å². The molecule has 0 spiro atoms. The topological polar surface area (TPSA) is 55.6 Å². The molecule has 20 heavy (non-hydrogen) atoms. The van der Waals surface area contributed by atoms with Crippen molar-refractivity contribution in [2.24, 2.45) is 0 Å². The van der Waals surface area contributed by atoms with Crippen molar-refractivity contribution in [3.05, 3.63) is 35.5 Å². The lowest BCUT2D eigenvalue weighted by Gasteiger charge is -2.07. The van der Waals surface area contributed by atoms with Crippen LogP contribution in [0.15, 0.2) is 18.6 Å². The summed E-state index contributed by atoms with van der Waals surface area (Å²) in [6.07, 6.45) is 9.68. The Labute approximate surface area is 119 Å². The van der Waals surface area contributed by atoms with Gasteiger partial charge in [-0.05, 0) is 25.7 Å². The van der Waals surface area contributed by atoms with Gasteiger partial charge in [-0.2, -0.15) is 5.10 Å². The Morgan fingerprint density at radius 1 is 1.25 bits per heavy atom. The molecule has 1 aliphatic rings. The van der Waals surface area contributed by atoms with Gasteiger partial charge in [-0.3, -0.25) is 4.98 Å². The minimum absolute atomic E-state index is 0.712. The van der Waals surface area contributed by atoms with E-state index in [2.05, 4.69) is 29.1 Å². The van der Waals surface area contributed by atoms with Crippen molar-refractivity contribution in [2.45, 2.75) is 52.1 Å². The van der Waals surface area contributed by atoms with Crippen LogP contribution in [-0.4, -0.2) is 25.8 Å². The fraction of sp³-hybridized carbons (Fsp3) is 0.533. The van der Waals surface area contributed by atoms with Crippen LogP contribution in [0.5, 0.6) is 0 Å². The van der Waals surface area contributed by atoms with Gasteiger partial charge < -0.3 is 5.32 Å². The predicted octanol–water partition coefficient (Wildman–Crippen LogP) is 2.04. The standard InChI is InChI=1S/C15H21N5/c1-3-13-12(9-18-11-5-6-11)14(4-2)20(19-13)15-10-16-7-8-17-15/h7-8,10-11,18H,3-6,9H2,1-2H3. The largest absolute Gasteiger partial charge is 0.310 e. The van der Waals surface area contributed by atoms with E-state index < -0.39 is 0 Å². The molecule has 2 aromatic rings. The van der Waals surface area contributed by atoms with Crippen molar-refractivity contribution >= 4 is 0 Å². The van der Waals surface area contributed by atoms with Crippen molar-refractivity contribution in [3.8, 4) is 5.82 Å². The minimum atomic E-state index is 0.712. The first kappa shape index (κ1) is 13.2. The third-order valence-corrected chi connectivity index (χ3v) is 3.75. The molecule has 1 fully saturated rings. The number of hydrogen-bond donors (Lipinski definition) is 1. The average Bonchev–Trinajstić information content (AvgIpc) is 3.25. The molecule has 0 radical (unpaired) electrons. The third kappa shape index (κ3) is 2.58. The summed E-state index contributed by atoms with van der Waals surface area (Å²) in [6, 6.07) is 0.712. The van der Waals surface area contributed by atoms with Gasteiger partial charge in [0.1, 0.15) is 0 Å². The molecule has 3 rings (SSSR count). The van der Waals surface area contributed by atoms with E-state index >= 15 is 0 Å². The van der Waals surface area contributed by atoms with Gasteiger partial charge in [-0.1, -0.05) is 13.8 Å². The van der Waals surface area contributed by atoms with Gasteiger partial charge in [0.2, 0.25) is 0 Å². The molecular formula is C15H21N5. The Balaban J connectivity index is 1.97. The molecule has 1 N–H and O–H groups in total. The highest BCUT2D eigenvalue weighted by atomic mass is 15.3. The Hall–Kier alpha value is -1.75. The second-order valence-electron chi connectivity index (χ2n) is 5.21. The molecule has 0 atom stereocenters. The van der Waals surface area contributed by atoms with Crippen LogP contribution < -0.4 is 5.32 Å². The smallest absolute Gasteiger partial charge is 0.172 e. The zero-order valence-electron chi connectivity index (χ0n) is 12.1. The predicted molar refractivity (Wildman–Crippen MR) is 77.8 cm³/mol. The molecule has 2 aromatic heterocycles. The molecule has 1 aliphatic carbocycles. The quantitative estimate of drug-likeness (QED) is 0.873. The summed E-state index contributed by atoms with van der Waals surface area (Å²) in [5.41, 5.74) is 3.75. The Kier molecular flexibility index (Phi) is 3.78. The van der Waals surface area contributed by atoms with E-state index in [1.54, 1.807) is 18.6 Å². The van der Waals surface area contributed by atoms with Crippen LogP contribution in [0.25, 0.3) is 5.82 Å². The first-order valence-corrected chi connectivity index (χ1v) is 7.42. The summed E-state index contributed by atoms with van der Waals surface area (Å²) in [7, 11) is 0. The molecule has 106 valence electrons. The molecule has 0 aliphatic heterocycles. The monoisotopic (exact) mass is 271 g/mol. The molecule has 0 saturated heterocycles. The zero-order chi connectivity index (χ0) is 13.9. The number of rotatable bonds is 6. The summed E-state index contributed by atoms with van der Waals surface area (Å²) < 4.78 is 1.95. The molecule has 0 unspecified atom stereocenters. The first-order valence-electron chi connectivity index (χ1n) is 7.42. The first-order chi connectivity index (χ1) is 9.83. The summed E-state index contributed by atoms with van der Waals surface area (Å²) in [4.78, 5) is 8.52. The second-order valence-corrected chi connectivity index (χ2v) is 5.21. The lowest BCUT2D eigenvalue weighted by atomic mass is 10.1. The number of aromatic nitrogens is 4. The van der Waals surface area contributed by atoms with Gasteiger partial charge in [0.15, 0.2) is 5.82 Å². The Morgan fingerprint density at radius 3 is 2.70 bits per heavy atom. The van der Waals surface area contributed by atoms with Gasteiger partial charge in [0.05, 0.1) is 17.6 Å². The van der Waals surface area contributed by atoms with Gasteiger partial charge in [0.25, 0.3) is 0 Å². The summed E-state index contributed by atoms with van der Waals surface area (Å²) in [6.45, 7) is 5.24. The molecule has 5 heteroatoms. The van der Waals surface area contributed by atoms with E-state index in [0.29, 0.717) is 6.04 Å². The van der Waals surface area contributed by atoms with Crippen molar-refractivity contribution in [2.75, 3.05) is 0 Å². The molecule has 2 heterocycles. The van der Waals surface area contributed by atoms with Gasteiger partial charge in [-0.15, -0.1) is 0 Å². The maximum absolute atomic E-state index is 4.74. The number of hydrogen-bond acceptors (Lipinski definition) is 4. The van der Waals surface area contributed by atoms with Gasteiger partial charge in [0, 0.05) is 30.5 Å². The number of nitrogens with one attached hydrogen (secondary N) is 1. The molecule has 0 amide bonds. The second kappa shape index (κ2) is 5.71. The highest BCUT2D eigenvalue weighted by molar-refractivity contribution is 5.33. The maximum atomic E-state index is 4.74. The highest BCUT2D eigenvalue weighted by Gasteiger charge is 2.23. The van der Waals surface area contributed by atoms with Crippen LogP contribution in [0.4, 0.5) is 0 Å². The molecule has 0 bridgehead atoms. The van der Waals surface area contributed by atoms with E-state index in [0.717, 1.165) is 25.2 Å². The Morgan fingerprint density at radius 2 is 2.10 bits per heavy atom. The molecule has 1 saturated carbocycles. The lowest BCUT2D eigenvalue weighted by Crippen LogP contribution is -2.17. The minimum Gasteiger partial charge on any atom is -0.310 e. The van der Waals surface area contributed by atoms with E-state index in [9.17, 15) is 0 Å². The normalized spacial score (nSPS) is 14.7. The molecule has 5 nitrogen and oxygen atoms in total. The van der Waals surface area contributed by atoms with Crippen LogP contribution in [0, 0.1) is 0 Å². The highest BCUT2D eigenvalue weighted by Crippen LogP contribution is 2.23. The van der Waals surface area contributed by atoms with E-state index in [-0.39, 0.29) is 0 Å². The van der Waals surface area contributed by atoms with Gasteiger partial charge in [-0.25, -0.2) is 9.67 Å². The van der Waals surface area contributed by atoms with Crippen molar-refractivity contribution in [1.82, 2.24) is 25.1 Å². The van der Waals surface area contributed by atoms with Crippen molar-refractivity contribution in [1.29, 1.82) is 0 Å². The zero-order valence-corrected chi connectivity index (χ0v) is 12.1. The van der Waals surface area contributed by atoms with Crippen LogP contribution in [0.2, 0.25) is 0 Å². The van der Waals surface area contributed by atoms with Crippen LogP contribution in [-0.2, 0) is 19.4 Å². The van der Waals surface area contributed by atoms with Crippen molar-refractivity contribution < 1.29 is 0 Å². The van der Waals surface area contributed by atoms with Crippen LogP contribution >= 0.6 is 0 Å². The van der Waals surface area contributed by atoms with E-state index in [4.69, 9.17) is 5.10 Å². The summed E-state index contributed by atoms with van der Waals surface area (Å²) in [5.74, 6) is 0.803. The number of aryl methyl sites for hydroxylation is 1. The molecular weight excluding hydrogens is 250 g/mol. The number of nitrogens with zero attached hydrogens (tertiary/aromatic N) is 4. The fourth-order valence-corrected chi connectivity index (χ4v) is 2.51. The van der Waals surface area contributed by atoms with Crippen molar-refractivity contribution in [3.63, 3.8) is 0 Å². The summed E-state index contributed by atoms with van der Waals surface area (Å²) >= 11 is 0. The average molecular weight is 271 g/mol. The fourth-order valence-electron chi connectivity index (χ4n) is 2.51. The lowest BCUT2D eigenvalue weighted by molar-refractivity contribution is 0.676. The SMILES string of the molecule is CCc1nn(-c2cnccn2)c(CC)c1CNC1CC1. The van der Waals surface area contributed by atoms with Crippen LogP contribution in [0.3, 0.4) is 0 Å². The maximum Gasteiger partial charge on any atom is 0.172 e. The molecule has 0 aromatic carbocycles.